The Bertz CT molecular complexity index is 549. The molecular weight excluding hydrogens is 269 g/mol. The average Bonchev–Trinajstić information content (AvgIpc) is 2.42. The highest BCUT2D eigenvalue weighted by molar-refractivity contribution is 5.41. The Morgan fingerprint density at radius 2 is 1.80 bits per heavy atom. The van der Waals surface area contributed by atoms with Crippen LogP contribution in [0.15, 0.2) is 48.5 Å². The standard InChI is InChI=1S/C14H13F3N2O/c15-11-7-6-10(13(8-11)20-14(16)17)9-18-19-12-4-2-1-3-5-12/h1-8,14,18-19H,9H2. The molecule has 0 unspecified atom stereocenters. The number of para-hydroxylation sites is 1. The van der Waals surface area contributed by atoms with E-state index in [1.54, 1.807) is 0 Å². The summed E-state index contributed by atoms with van der Waals surface area (Å²) in [6.45, 7) is -2.78. The maximum atomic E-state index is 13.0. The first-order valence-electron chi connectivity index (χ1n) is 5.92. The van der Waals surface area contributed by atoms with Crippen molar-refractivity contribution in [2.75, 3.05) is 5.43 Å². The van der Waals surface area contributed by atoms with Gasteiger partial charge >= 0.3 is 6.61 Å². The van der Waals surface area contributed by atoms with Crippen LogP contribution in [-0.2, 0) is 6.54 Å². The van der Waals surface area contributed by atoms with E-state index in [4.69, 9.17) is 0 Å². The number of nitrogens with one attached hydrogen (secondary N) is 2. The number of anilines is 1. The van der Waals surface area contributed by atoms with Gasteiger partial charge in [0.15, 0.2) is 0 Å². The molecule has 0 aromatic heterocycles. The molecule has 0 heterocycles. The van der Waals surface area contributed by atoms with E-state index in [0.717, 1.165) is 11.8 Å². The van der Waals surface area contributed by atoms with Gasteiger partial charge in [-0.2, -0.15) is 8.78 Å². The molecule has 3 nitrogen and oxygen atoms in total. The summed E-state index contributed by atoms with van der Waals surface area (Å²) in [5.74, 6) is -0.803. The van der Waals surface area contributed by atoms with Gasteiger partial charge < -0.3 is 10.2 Å². The Hall–Kier alpha value is -2.21. The maximum Gasteiger partial charge on any atom is 0.387 e. The SMILES string of the molecule is Fc1ccc(CNNc2ccccc2)c(OC(F)F)c1. The van der Waals surface area contributed by atoms with Crippen LogP contribution < -0.4 is 15.6 Å². The zero-order valence-electron chi connectivity index (χ0n) is 10.4. The molecule has 2 N–H and O–H groups in total. The normalized spacial score (nSPS) is 10.6. The Labute approximate surface area is 114 Å². The highest BCUT2D eigenvalue weighted by atomic mass is 19.3. The van der Waals surface area contributed by atoms with E-state index in [9.17, 15) is 13.2 Å². The predicted octanol–water partition coefficient (Wildman–Crippen LogP) is 3.54. The van der Waals surface area contributed by atoms with Crippen LogP contribution in [0, 0.1) is 5.82 Å². The monoisotopic (exact) mass is 282 g/mol. The first kappa shape index (κ1) is 14.2. The summed E-state index contributed by atoms with van der Waals surface area (Å²) >= 11 is 0. The van der Waals surface area contributed by atoms with E-state index < -0.39 is 12.4 Å². The maximum absolute atomic E-state index is 13.0. The lowest BCUT2D eigenvalue weighted by Gasteiger charge is -2.12. The van der Waals surface area contributed by atoms with E-state index in [0.29, 0.717) is 5.56 Å². The van der Waals surface area contributed by atoms with Crippen LogP contribution in [0.25, 0.3) is 0 Å². The summed E-state index contributed by atoms with van der Waals surface area (Å²) in [6.07, 6.45) is 0. The molecule has 0 atom stereocenters. The van der Waals surface area contributed by atoms with Crippen molar-refractivity contribution in [2.45, 2.75) is 13.2 Å². The number of hydrazine groups is 1. The second-order valence-corrected chi connectivity index (χ2v) is 3.98. The van der Waals surface area contributed by atoms with E-state index in [2.05, 4.69) is 15.6 Å². The zero-order valence-corrected chi connectivity index (χ0v) is 10.4. The lowest BCUT2D eigenvalue weighted by atomic mass is 10.2. The summed E-state index contributed by atoms with van der Waals surface area (Å²) in [5, 5.41) is 0. The van der Waals surface area contributed by atoms with Crippen LogP contribution >= 0.6 is 0 Å². The van der Waals surface area contributed by atoms with Crippen molar-refractivity contribution in [3.05, 3.63) is 59.9 Å². The fourth-order valence-corrected chi connectivity index (χ4v) is 1.64. The molecule has 0 saturated carbocycles. The van der Waals surface area contributed by atoms with Gasteiger partial charge in [-0.05, 0) is 18.2 Å². The summed E-state index contributed by atoms with van der Waals surface area (Å²) in [4.78, 5) is 0. The molecular formula is C14H13F3N2O. The average molecular weight is 282 g/mol. The molecule has 0 radical (unpaired) electrons. The van der Waals surface area contributed by atoms with Gasteiger partial charge in [-0.25, -0.2) is 9.82 Å². The Morgan fingerprint density at radius 1 is 1.05 bits per heavy atom. The van der Waals surface area contributed by atoms with E-state index in [-0.39, 0.29) is 12.3 Å². The molecule has 0 saturated heterocycles. The molecule has 0 fully saturated rings. The summed E-state index contributed by atoms with van der Waals surface area (Å²) in [5.41, 5.74) is 7.01. The van der Waals surface area contributed by atoms with Crippen molar-refractivity contribution >= 4 is 5.69 Å². The molecule has 2 aromatic carbocycles. The number of hydrogen-bond donors (Lipinski definition) is 2. The number of rotatable bonds is 6. The van der Waals surface area contributed by atoms with E-state index in [1.165, 1.54) is 12.1 Å². The third-order valence-corrected chi connectivity index (χ3v) is 2.53. The van der Waals surface area contributed by atoms with Gasteiger partial charge in [-0.15, -0.1) is 0 Å². The number of halogens is 3. The quantitative estimate of drug-likeness (QED) is 0.795. The fourth-order valence-electron chi connectivity index (χ4n) is 1.64. The highest BCUT2D eigenvalue weighted by Crippen LogP contribution is 2.22. The Kier molecular flexibility index (Phi) is 4.84. The van der Waals surface area contributed by atoms with Crippen molar-refractivity contribution in [3.63, 3.8) is 0 Å². The lowest BCUT2D eigenvalue weighted by molar-refractivity contribution is -0.0506. The number of benzene rings is 2. The van der Waals surface area contributed by atoms with E-state index in [1.807, 2.05) is 30.3 Å². The Morgan fingerprint density at radius 3 is 2.50 bits per heavy atom. The smallest absolute Gasteiger partial charge is 0.387 e. The van der Waals surface area contributed by atoms with Crippen molar-refractivity contribution in [3.8, 4) is 5.75 Å². The van der Waals surface area contributed by atoms with Gasteiger partial charge in [0.2, 0.25) is 0 Å². The summed E-state index contributed by atoms with van der Waals surface area (Å²) in [7, 11) is 0. The number of ether oxygens (including phenoxy) is 1. The fraction of sp³-hybridized carbons (Fsp3) is 0.143. The predicted molar refractivity (Wildman–Crippen MR) is 69.9 cm³/mol. The third kappa shape index (κ3) is 4.17. The second-order valence-electron chi connectivity index (χ2n) is 3.98. The molecule has 2 rings (SSSR count). The molecule has 0 bridgehead atoms. The zero-order chi connectivity index (χ0) is 14.4. The van der Waals surface area contributed by atoms with Crippen LogP contribution in [0.5, 0.6) is 5.75 Å². The van der Waals surface area contributed by atoms with Gasteiger partial charge in [-0.1, -0.05) is 24.3 Å². The minimum Gasteiger partial charge on any atom is -0.434 e. The summed E-state index contributed by atoms with van der Waals surface area (Å²) in [6, 6.07) is 12.8. The molecule has 20 heavy (non-hydrogen) atoms. The Balaban J connectivity index is 1.98. The first-order valence-corrected chi connectivity index (χ1v) is 5.92. The molecule has 6 heteroatoms. The lowest BCUT2D eigenvalue weighted by Crippen LogP contribution is -2.21. The minimum absolute atomic E-state index is 0.178. The molecule has 0 amide bonds. The largest absolute Gasteiger partial charge is 0.434 e. The van der Waals surface area contributed by atoms with Crippen LogP contribution in [0.3, 0.4) is 0 Å². The number of hydrogen-bond acceptors (Lipinski definition) is 3. The molecule has 106 valence electrons. The third-order valence-electron chi connectivity index (χ3n) is 2.53. The van der Waals surface area contributed by atoms with Crippen LogP contribution in [0.4, 0.5) is 18.9 Å². The topological polar surface area (TPSA) is 33.3 Å². The van der Waals surface area contributed by atoms with Crippen molar-refractivity contribution < 1.29 is 17.9 Å². The van der Waals surface area contributed by atoms with Gasteiger partial charge in [0.05, 0.1) is 0 Å². The van der Waals surface area contributed by atoms with Crippen molar-refractivity contribution in [1.82, 2.24) is 5.43 Å². The highest BCUT2D eigenvalue weighted by Gasteiger charge is 2.10. The molecule has 0 aliphatic rings. The van der Waals surface area contributed by atoms with Gasteiger partial charge in [0, 0.05) is 23.9 Å². The first-order chi connectivity index (χ1) is 9.65. The van der Waals surface area contributed by atoms with Crippen molar-refractivity contribution in [1.29, 1.82) is 0 Å². The number of alkyl halides is 2. The van der Waals surface area contributed by atoms with Crippen LogP contribution in [0.2, 0.25) is 0 Å². The molecule has 0 aliphatic heterocycles. The van der Waals surface area contributed by atoms with Crippen LogP contribution in [-0.4, -0.2) is 6.61 Å². The van der Waals surface area contributed by atoms with Gasteiger partial charge in [0.1, 0.15) is 11.6 Å². The van der Waals surface area contributed by atoms with E-state index >= 15 is 0 Å². The second kappa shape index (κ2) is 6.81. The van der Waals surface area contributed by atoms with Gasteiger partial charge in [0.25, 0.3) is 0 Å². The summed E-state index contributed by atoms with van der Waals surface area (Å²) < 4.78 is 41.8. The van der Waals surface area contributed by atoms with Crippen molar-refractivity contribution in [2.24, 2.45) is 0 Å². The van der Waals surface area contributed by atoms with Crippen LogP contribution in [0.1, 0.15) is 5.56 Å². The molecule has 0 aliphatic carbocycles. The molecule has 2 aromatic rings. The molecule has 0 spiro atoms. The van der Waals surface area contributed by atoms with Gasteiger partial charge in [-0.3, -0.25) is 0 Å². The minimum atomic E-state index is -2.99.